The highest BCUT2D eigenvalue weighted by Crippen LogP contribution is 2.62. The minimum Gasteiger partial charge on any atom is -0.394 e. The van der Waals surface area contributed by atoms with Crippen molar-refractivity contribution in [3.63, 3.8) is 0 Å². The number of nitrogens with two attached hydrogens (primary N) is 1. The Bertz CT molecular complexity index is 1330. The van der Waals surface area contributed by atoms with Gasteiger partial charge in [-0.3, -0.25) is 9.32 Å². The number of anilines is 2. The van der Waals surface area contributed by atoms with Crippen molar-refractivity contribution in [2.24, 2.45) is 10.9 Å². The SMILES string of the molecule is C=CNc1c(N)ncnc1C1O[C@H](COP(O)(=S)OP(=O)(O)OC2OC([C@@H](O)CO)C(O)C(O)C2O)C(C=NC(C)=O)[C@H]1OC. The zero-order valence-electron chi connectivity index (χ0n) is 23.7. The van der Waals surface area contributed by atoms with Crippen LogP contribution in [0.3, 0.4) is 0 Å². The smallest absolute Gasteiger partial charge is 0.394 e. The van der Waals surface area contributed by atoms with Crippen LogP contribution in [0.4, 0.5) is 11.5 Å². The number of nitrogen functional groups attached to an aromatic ring is 1. The van der Waals surface area contributed by atoms with Gasteiger partial charge in [0.25, 0.3) is 0 Å². The average molecular weight is 704 g/mol. The summed E-state index contributed by atoms with van der Waals surface area (Å²) in [6.45, 7) is -1.46. The van der Waals surface area contributed by atoms with Gasteiger partial charge >= 0.3 is 14.5 Å². The molecule has 0 spiro atoms. The number of nitrogens with zero attached hydrogens (tertiary/aromatic N) is 3. The minimum atomic E-state index is -5.47. The third-order valence-electron chi connectivity index (χ3n) is 6.57. The molecule has 0 bridgehead atoms. The number of hydrogen-bond acceptors (Lipinski definition) is 18. The number of aliphatic hydroxyl groups is 5. The first-order valence-electron chi connectivity index (χ1n) is 12.9. The highest BCUT2D eigenvalue weighted by Gasteiger charge is 2.51. The number of carbonyl (C=O) groups is 1. The Morgan fingerprint density at radius 3 is 2.56 bits per heavy atom. The first-order chi connectivity index (χ1) is 21.1. The van der Waals surface area contributed by atoms with Crippen molar-refractivity contribution < 1.29 is 72.2 Å². The van der Waals surface area contributed by atoms with Gasteiger partial charge in [0.05, 0.1) is 31.3 Å². The minimum absolute atomic E-state index is 0.0521. The summed E-state index contributed by atoms with van der Waals surface area (Å²) in [5.41, 5.74) is 6.45. The second-order valence-electron chi connectivity index (χ2n) is 9.65. The normalized spacial score (nSPS) is 33.8. The molecule has 1 aromatic rings. The van der Waals surface area contributed by atoms with Crippen LogP contribution in [-0.4, -0.2) is 127 Å². The zero-order chi connectivity index (χ0) is 33.7. The van der Waals surface area contributed by atoms with Crippen molar-refractivity contribution in [1.82, 2.24) is 9.97 Å². The van der Waals surface area contributed by atoms with Crippen LogP contribution < -0.4 is 11.1 Å². The number of aliphatic hydroxyl groups excluding tert-OH is 5. The number of phosphoric ester groups is 1. The number of nitrogens with one attached hydrogen (secondary N) is 1. The lowest BCUT2D eigenvalue weighted by Crippen LogP contribution is -2.61. The summed E-state index contributed by atoms with van der Waals surface area (Å²) in [5.74, 6) is -1.35. The molecular formula is C22H35N5O15P2S. The molecule has 45 heavy (non-hydrogen) atoms. The molecule has 0 aliphatic carbocycles. The van der Waals surface area contributed by atoms with Crippen LogP contribution in [0.2, 0.25) is 0 Å². The first kappa shape index (κ1) is 37.6. The molecule has 254 valence electrons. The number of phosphoric acid groups is 1. The number of hydrogen-bond donors (Lipinski definition) is 9. The Labute approximate surface area is 261 Å². The van der Waals surface area contributed by atoms with E-state index in [1.54, 1.807) is 0 Å². The summed E-state index contributed by atoms with van der Waals surface area (Å²) in [4.78, 5) is 44.4. The Balaban J connectivity index is 1.78. The number of methoxy groups -OCH3 is 1. The summed E-state index contributed by atoms with van der Waals surface area (Å²) in [5, 5.41) is 52.0. The third kappa shape index (κ3) is 9.36. The highest BCUT2D eigenvalue weighted by molar-refractivity contribution is 8.08. The quantitative estimate of drug-likeness (QED) is 0.0735. The predicted octanol–water partition coefficient (Wildman–Crippen LogP) is -2.17. The maximum atomic E-state index is 12.7. The number of carbonyl (C=O) groups excluding carboxylic acids is 1. The van der Waals surface area contributed by atoms with Gasteiger partial charge in [-0.2, -0.15) is 0 Å². The predicted molar refractivity (Wildman–Crippen MR) is 156 cm³/mol. The standard InChI is InChI=1S/C22H35N5O15P2S/c1-4-24-14-13(26-8-27-21(14)23)20-18(37-3)10(5-25-9(2)29)12(39-20)7-38-44(36,45)42-43(34,35)41-22-17(33)15(31)16(32)19(40-22)11(30)6-28/h4-5,8,10-12,15-20,22,24,28,30-33H,1,6-7H2,2-3H3,(H,34,35)(H,36,45)(H2,23,26,27)/t10?,11-,12+,15?,16?,17?,18+,19?,20?,22?,44?/m0/s1. The maximum absolute atomic E-state index is 12.7. The molecule has 10 N–H and O–H groups in total. The van der Waals surface area contributed by atoms with Crippen molar-refractivity contribution in [2.75, 3.05) is 31.4 Å². The number of aliphatic imine (C=N–C) groups is 1. The van der Waals surface area contributed by atoms with Gasteiger partial charge in [-0.15, -0.1) is 0 Å². The van der Waals surface area contributed by atoms with Crippen LogP contribution in [0.1, 0.15) is 18.7 Å². The molecule has 0 aromatic carbocycles. The van der Waals surface area contributed by atoms with E-state index in [4.69, 9.17) is 45.9 Å². The van der Waals surface area contributed by atoms with Gasteiger partial charge in [0, 0.05) is 20.2 Å². The van der Waals surface area contributed by atoms with Crippen LogP contribution in [-0.2, 0) is 48.7 Å². The van der Waals surface area contributed by atoms with Crippen molar-refractivity contribution in [1.29, 1.82) is 0 Å². The number of amides is 1. The van der Waals surface area contributed by atoms with E-state index in [1.807, 2.05) is 0 Å². The molecule has 0 saturated carbocycles. The fourth-order valence-electron chi connectivity index (χ4n) is 4.53. The summed E-state index contributed by atoms with van der Waals surface area (Å²) in [6.07, 6.45) is -11.1. The van der Waals surface area contributed by atoms with E-state index in [0.717, 1.165) is 0 Å². The summed E-state index contributed by atoms with van der Waals surface area (Å²) in [7, 11) is -4.12. The van der Waals surface area contributed by atoms with E-state index >= 15 is 0 Å². The number of ether oxygens (including phenoxy) is 3. The van der Waals surface area contributed by atoms with Crippen LogP contribution in [0.5, 0.6) is 0 Å². The molecule has 3 rings (SSSR count). The maximum Gasteiger partial charge on any atom is 0.481 e. The number of aromatic nitrogens is 2. The molecule has 2 aliphatic rings. The Kier molecular flexibility index (Phi) is 13.2. The Morgan fingerprint density at radius 1 is 1.27 bits per heavy atom. The van der Waals surface area contributed by atoms with E-state index < -0.39 is 94.7 Å². The Hall–Kier alpha value is -1.88. The topological polar surface area (TPSA) is 307 Å². The molecule has 20 nitrogen and oxygen atoms in total. The molecule has 3 heterocycles. The van der Waals surface area contributed by atoms with E-state index in [1.165, 1.54) is 32.8 Å². The molecule has 0 radical (unpaired) electrons. The molecule has 2 fully saturated rings. The summed E-state index contributed by atoms with van der Waals surface area (Å²) in [6, 6.07) is 0. The molecule has 9 unspecified atom stereocenters. The Morgan fingerprint density at radius 2 is 1.96 bits per heavy atom. The fraction of sp³-hybridized carbons (Fsp3) is 0.636. The van der Waals surface area contributed by atoms with Gasteiger partial charge in [-0.1, -0.05) is 6.58 Å². The molecule has 23 heteroatoms. The van der Waals surface area contributed by atoms with Gasteiger partial charge in [0.1, 0.15) is 54.3 Å². The molecular weight excluding hydrogens is 668 g/mol. The van der Waals surface area contributed by atoms with E-state index in [-0.39, 0.29) is 17.2 Å². The molecule has 1 aromatic heterocycles. The van der Waals surface area contributed by atoms with Crippen molar-refractivity contribution in [3.05, 3.63) is 24.8 Å². The van der Waals surface area contributed by atoms with E-state index in [2.05, 4.69) is 31.2 Å². The monoisotopic (exact) mass is 703 g/mol. The van der Waals surface area contributed by atoms with Gasteiger partial charge in [-0.05, 0) is 18.0 Å². The largest absolute Gasteiger partial charge is 0.481 e. The van der Waals surface area contributed by atoms with Gasteiger partial charge in [0.15, 0.2) is 12.1 Å². The van der Waals surface area contributed by atoms with E-state index in [0.29, 0.717) is 0 Å². The summed E-state index contributed by atoms with van der Waals surface area (Å²) >= 11 is 4.86. The first-order valence-corrected chi connectivity index (χ1v) is 17.0. The van der Waals surface area contributed by atoms with Crippen molar-refractivity contribution >= 4 is 50.0 Å². The third-order valence-corrected chi connectivity index (χ3v) is 10.1. The van der Waals surface area contributed by atoms with Gasteiger partial charge in [-0.25, -0.2) is 23.8 Å². The molecule has 12 atom stereocenters. The molecule has 1 amide bonds. The van der Waals surface area contributed by atoms with Crippen LogP contribution in [0, 0.1) is 5.92 Å². The van der Waals surface area contributed by atoms with Gasteiger partial charge in [0.2, 0.25) is 5.91 Å². The zero-order valence-corrected chi connectivity index (χ0v) is 26.4. The molecule has 2 aliphatic heterocycles. The van der Waals surface area contributed by atoms with Crippen LogP contribution >= 0.6 is 14.5 Å². The lowest BCUT2D eigenvalue weighted by molar-refractivity contribution is -0.292. The van der Waals surface area contributed by atoms with Crippen LogP contribution in [0.25, 0.3) is 0 Å². The average Bonchev–Trinajstić information content (AvgIpc) is 3.32. The van der Waals surface area contributed by atoms with Crippen molar-refractivity contribution in [3.8, 4) is 0 Å². The molecule has 2 saturated heterocycles. The van der Waals surface area contributed by atoms with Crippen LogP contribution in [0.15, 0.2) is 24.1 Å². The second kappa shape index (κ2) is 15.8. The fourth-order valence-corrected chi connectivity index (χ4v) is 7.63. The number of rotatable bonds is 14. The van der Waals surface area contributed by atoms with E-state index in [9.17, 15) is 39.6 Å². The highest BCUT2D eigenvalue weighted by atomic mass is 32.5. The lowest BCUT2D eigenvalue weighted by Gasteiger charge is -2.41. The lowest BCUT2D eigenvalue weighted by atomic mass is 9.95. The van der Waals surface area contributed by atoms with Crippen molar-refractivity contribution in [2.45, 2.75) is 62.0 Å². The second-order valence-corrected chi connectivity index (χ2v) is 14.0. The van der Waals surface area contributed by atoms with Gasteiger partial charge < -0.3 is 65.1 Å². The summed E-state index contributed by atoms with van der Waals surface area (Å²) < 4.78 is 44.1.